The predicted octanol–water partition coefficient (Wildman–Crippen LogP) is 3.91. The van der Waals surface area contributed by atoms with Crippen molar-refractivity contribution in [1.29, 1.82) is 0 Å². The Bertz CT molecular complexity index is 182. The molecule has 0 aromatic carbocycles. The van der Waals surface area contributed by atoms with E-state index in [0.29, 0.717) is 13.0 Å². The van der Waals surface area contributed by atoms with Crippen LogP contribution in [0.4, 0.5) is 0 Å². The summed E-state index contributed by atoms with van der Waals surface area (Å²) in [5, 5.41) is 0.804. The number of ether oxygens (including phenoxy) is 1. The summed E-state index contributed by atoms with van der Waals surface area (Å²) < 4.78 is 4.88. The Kier molecular flexibility index (Phi) is 7.83. The minimum atomic E-state index is -0.0428. The minimum Gasteiger partial charge on any atom is -0.466 e. The van der Waals surface area contributed by atoms with Gasteiger partial charge < -0.3 is 4.74 Å². The van der Waals surface area contributed by atoms with Gasteiger partial charge >= 0.3 is 5.97 Å². The Labute approximate surface area is 103 Å². The van der Waals surface area contributed by atoms with E-state index in [-0.39, 0.29) is 5.97 Å². The first-order valence-electron chi connectivity index (χ1n) is 5.43. The van der Waals surface area contributed by atoms with Gasteiger partial charge in [0.25, 0.3) is 0 Å². The van der Waals surface area contributed by atoms with E-state index in [1.54, 1.807) is 0 Å². The molecule has 1 heterocycles. The van der Waals surface area contributed by atoms with Gasteiger partial charge in [0.2, 0.25) is 0 Å². The predicted molar refractivity (Wildman–Crippen MR) is 71.1 cm³/mol. The van der Waals surface area contributed by atoms with Gasteiger partial charge in [0.05, 0.1) is 6.61 Å². The SMILES string of the molecule is CCOC(=O)CCCCC1CCSSS1. The van der Waals surface area contributed by atoms with E-state index >= 15 is 0 Å². The van der Waals surface area contributed by atoms with Gasteiger partial charge in [-0.25, -0.2) is 0 Å². The molecule has 2 nitrogen and oxygen atoms in total. The summed E-state index contributed by atoms with van der Waals surface area (Å²) in [6, 6.07) is 0. The van der Waals surface area contributed by atoms with Crippen molar-refractivity contribution in [2.45, 2.75) is 44.3 Å². The Morgan fingerprint density at radius 1 is 1.47 bits per heavy atom. The molecule has 15 heavy (non-hydrogen) atoms. The standard InChI is InChI=1S/C10H18O2S3/c1-2-12-10(11)6-4-3-5-9-7-8-13-15-14-9/h9H,2-8H2,1H3. The second-order valence-electron chi connectivity index (χ2n) is 3.45. The molecule has 0 aromatic heterocycles. The maximum atomic E-state index is 11.1. The first-order chi connectivity index (χ1) is 7.33. The molecule has 0 amide bonds. The van der Waals surface area contributed by atoms with Crippen LogP contribution < -0.4 is 0 Å². The van der Waals surface area contributed by atoms with Crippen molar-refractivity contribution in [3.63, 3.8) is 0 Å². The molecule has 0 N–H and O–H groups in total. The molecule has 1 saturated heterocycles. The van der Waals surface area contributed by atoms with Crippen LogP contribution in [0, 0.1) is 0 Å². The van der Waals surface area contributed by atoms with Gasteiger partial charge in [0, 0.05) is 17.4 Å². The first kappa shape index (κ1) is 13.6. The fourth-order valence-electron chi connectivity index (χ4n) is 1.41. The first-order valence-corrected chi connectivity index (χ1v) is 9.15. The van der Waals surface area contributed by atoms with Crippen molar-refractivity contribution in [2.24, 2.45) is 0 Å². The van der Waals surface area contributed by atoms with E-state index in [2.05, 4.69) is 0 Å². The van der Waals surface area contributed by atoms with E-state index < -0.39 is 0 Å². The highest BCUT2D eigenvalue weighted by Gasteiger charge is 2.14. The average molecular weight is 266 g/mol. The zero-order valence-corrected chi connectivity index (χ0v) is 11.5. The van der Waals surface area contributed by atoms with Crippen molar-refractivity contribution in [2.75, 3.05) is 12.4 Å². The number of hydrogen-bond donors (Lipinski definition) is 0. The van der Waals surface area contributed by atoms with E-state index in [1.165, 1.54) is 18.6 Å². The quantitative estimate of drug-likeness (QED) is 0.412. The van der Waals surface area contributed by atoms with Gasteiger partial charge in [-0.2, -0.15) is 0 Å². The second-order valence-corrected chi connectivity index (χ2v) is 8.00. The number of carbonyl (C=O) groups excluding carboxylic acids is 1. The maximum absolute atomic E-state index is 11.1. The zero-order valence-electron chi connectivity index (χ0n) is 9.07. The van der Waals surface area contributed by atoms with Gasteiger partial charge in [0.1, 0.15) is 0 Å². The van der Waals surface area contributed by atoms with Crippen LogP contribution in [0.3, 0.4) is 0 Å². The number of hydrogen-bond acceptors (Lipinski definition) is 5. The van der Waals surface area contributed by atoms with Gasteiger partial charge in [-0.15, -0.1) is 0 Å². The Balaban J connectivity index is 1.93. The van der Waals surface area contributed by atoms with Gasteiger partial charge in [0.15, 0.2) is 0 Å². The zero-order chi connectivity index (χ0) is 10.9. The lowest BCUT2D eigenvalue weighted by molar-refractivity contribution is -0.143. The lowest BCUT2D eigenvalue weighted by atomic mass is 10.1. The van der Waals surface area contributed by atoms with Crippen molar-refractivity contribution >= 4 is 37.4 Å². The molecule has 1 aliphatic heterocycles. The highest BCUT2D eigenvalue weighted by Crippen LogP contribution is 2.45. The van der Waals surface area contributed by atoms with Crippen LogP contribution in [0.5, 0.6) is 0 Å². The Morgan fingerprint density at radius 2 is 2.33 bits per heavy atom. The van der Waals surface area contributed by atoms with Crippen molar-refractivity contribution in [1.82, 2.24) is 0 Å². The van der Waals surface area contributed by atoms with E-state index in [9.17, 15) is 4.79 Å². The molecular weight excluding hydrogens is 248 g/mol. The van der Waals surface area contributed by atoms with Crippen molar-refractivity contribution < 1.29 is 9.53 Å². The molecular formula is C10H18O2S3. The van der Waals surface area contributed by atoms with Crippen molar-refractivity contribution in [3.8, 4) is 0 Å². The summed E-state index contributed by atoms with van der Waals surface area (Å²) in [5.41, 5.74) is 0. The molecule has 0 bridgehead atoms. The van der Waals surface area contributed by atoms with E-state index in [4.69, 9.17) is 4.74 Å². The Hall–Kier alpha value is 0.520. The Morgan fingerprint density at radius 3 is 3.00 bits per heavy atom. The summed E-state index contributed by atoms with van der Waals surface area (Å²) in [6.45, 7) is 2.36. The molecule has 0 saturated carbocycles. The minimum absolute atomic E-state index is 0.0428. The number of esters is 1. The van der Waals surface area contributed by atoms with Crippen LogP contribution in [-0.4, -0.2) is 23.6 Å². The summed E-state index contributed by atoms with van der Waals surface area (Å²) in [5.74, 6) is 1.24. The molecule has 1 atom stereocenters. The maximum Gasteiger partial charge on any atom is 0.305 e. The lowest BCUT2D eigenvalue weighted by Crippen LogP contribution is -2.07. The highest BCUT2D eigenvalue weighted by molar-refractivity contribution is 9.09. The van der Waals surface area contributed by atoms with Crippen LogP contribution in [0.2, 0.25) is 0 Å². The largest absolute Gasteiger partial charge is 0.466 e. The van der Waals surface area contributed by atoms with Gasteiger partial charge in [-0.3, -0.25) is 4.79 Å². The van der Waals surface area contributed by atoms with Gasteiger partial charge in [-0.1, -0.05) is 28.0 Å². The number of rotatable bonds is 6. The van der Waals surface area contributed by atoms with E-state index in [0.717, 1.165) is 18.1 Å². The lowest BCUT2D eigenvalue weighted by Gasteiger charge is -2.19. The second kappa shape index (κ2) is 8.65. The molecule has 0 spiro atoms. The smallest absolute Gasteiger partial charge is 0.305 e. The molecule has 0 aromatic rings. The van der Waals surface area contributed by atoms with Crippen LogP contribution in [0.25, 0.3) is 0 Å². The molecule has 1 fully saturated rings. The third-order valence-corrected chi connectivity index (χ3v) is 6.94. The molecule has 1 unspecified atom stereocenters. The van der Waals surface area contributed by atoms with Crippen LogP contribution in [0.1, 0.15) is 39.0 Å². The third-order valence-electron chi connectivity index (χ3n) is 2.21. The summed E-state index contributed by atoms with van der Waals surface area (Å²) in [6.07, 6.45) is 5.29. The average Bonchev–Trinajstić information content (AvgIpc) is 2.26. The number of unbranched alkanes of at least 4 members (excludes halogenated alkanes) is 1. The van der Waals surface area contributed by atoms with Crippen molar-refractivity contribution in [3.05, 3.63) is 0 Å². The normalized spacial score (nSPS) is 21.3. The van der Waals surface area contributed by atoms with Crippen LogP contribution in [-0.2, 0) is 9.53 Å². The monoisotopic (exact) mass is 266 g/mol. The molecule has 0 radical (unpaired) electrons. The topological polar surface area (TPSA) is 26.3 Å². The van der Waals surface area contributed by atoms with Crippen LogP contribution >= 0.6 is 31.4 Å². The highest BCUT2D eigenvalue weighted by atomic mass is 33.5. The fourth-order valence-corrected chi connectivity index (χ4v) is 6.34. The summed E-state index contributed by atoms with van der Waals surface area (Å²) >= 11 is 0. The van der Waals surface area contributed by atoms with Crippen LogP contribution in [0.15, 0.2) is 0 Å². The fraction of sp³-hybridized carbons (Fsp3) is 0.900. The third kappa shape index (κ3) is 6.64. The molecule has 1 rings (SSSR count). The summed E-state index contributed by atoms with van der Waals surface area (Å²) in [7, 11) is 5.87. The van der Waals surface area contributed by atoms with Gasteiger partial charge in [-0.05, 0) is 36.0 Å². The number of carbonyl (C=O) groups is 1. The molecule has 1 aliphatic rings. The molecule has 5 heteroatoms. The molecule has 88 valence electrons. The van der Waals surface area contributed by atoms with E-state index in [1.807, 2.05) is 38.3 Å². The summed E-state index contributed by atoms with van der Waals surface area (Å²) in [4.78, 5) is 11.1. The molecule has 0 aliphatic carbocycles.